The van der Waals surface area contributed by atoms with Crippen molar-refractivity contribution in [2.45, 2.75) is 6.61 Å². The first-order valence-electron chi connectivity index (χ1n) is 9.04. The van der Waals surface area contributed by atoms with Crippen LogP contribution in [0.1, 0.15) is 5.56 Å². The fourth-order valence-electron chi connectivity index (χ4n) is 2.74. The van der Waals surface area contributed by atoms with Gasteiger partial charge in [-0.15, -0.1) is 0 Å². The Morgan fingerprint density at radius 3 is 2.70 bits per heavy atom. The van der Waals surface area contributed by atoms with Crippen LogP contribution < -0.4 is 14.9 Å². The molecule has 1 aliphatic carbocycles. The lowest BCUT2D eigenvalue weighted by atomic mass is 10.2. The van der Waals surface area contributed by atoms with Gasteiger partial charge in [0.15, 0.2) is 16.8 Å². The molecule has 0 atom stereocenters. The molecule has 2 aromatic rings. The molecule has 1 heterocycles. The number of rotatable bonds is 4. The highest BCUT2D eigenvalue weighted by atomic mass is 79.9. The molecule has 0 N–H and O–H groups in total. The Labute approximate surface area is 180 Å². The van der Waals surface area contributed by atoms with Crippen molar-refractivity contribution in [2.75, 3.05) is 14.1 Å². The van der Waals surface area contributed by atoms with Crippen LogP contribution in [0.5, 0.6) is 11.5 Å². The molecule has 8 heteroatoms. The molecule has 0 spiro atoms. The second kappa shape index (κ2) is 8.16. The number of amides is 1. The highest BCUT2D eigenvalue weighted by Crippen LogP contribution is 2.29. The first kappa shape index (κ1) is 19.9. The second-order valence-corrected chi connectivity index (χ2v) is 7.64. The number of carbonyl (C=O) groups excluding carboxylic acids is 1. The van der Waals surface area contributed by atoms with Gasteiger partial charge in [0, 0.05) is 26.2 Å². The van der Waals surface area contributed by atoms with Crippen molar-refractivity contribution in [3.8, 4) is 23.0 Å². The zero-order valence-electron chi connectivity index (χ0n) is 16.2. The average Bonchev–Trinajstić information content (AvgIpc) is 2.72. The molecule has 4 rings (SSSR count). The smallest absolute Gasteiger partial charge is 0.414 e. The van der Waals surface area contributed by atoms with Gasteiger partial charge in [0.1, 0.15) is 29.3 Å². The number of hydrogen-bond acceptors (Lipinski definition) is 6. The van der Waals surface area contributed by atoms with Crippen molar-refractivity contribution in [3.63, 3.8) is 0 Å². The molecule has 0 bridgehead atoms. The van der Waals surface area contributed by atoms with E-state index in [1.165, 1.54) is 17.0 Å². The molecule has 0 unspecified atom stereocenters. The van der Waals surface area contributed by atoms with Crippen LogP contribution in [0.25, 0.3) is 22.6 Å². The molecule has 0 aromatic heterocycles. The third-order valence-electron chi connectivity index (χ3n) is 4.29. The molecule has 2 aliphatic rings. The average molecular weight is 469 g/mol. The topological polar surface area (TPSA) is 81.9 Å². The maximum atomic E-state index is 11.7. The molecule has 0 saturated carbocycles. The molecule has 7 nitrogen and oxygen atoms in total. The SMILES string of the molecule is CN(C)C(=O)Oc1ccc(COc2ccc3nc4ccc(=O)cc-4oc3c2)cc1Br. The van der Waals surface area contributed by atoms with E-state index in [1.807, 2.05) is 12.1 Å². The number of carbonyl (C=O) groups is 1. The van der Waals surface area contributed by atoms with Crippen LogP contribution in [0.4, 0.5) is 4.79 Å². The summed E-state index contributed by atoms with van der Waals surface area (Å²) in [5.74, 6) is 1.46. The number of aromatic nitrogens is 1. The summed E-state index contributed by atoms with van der Waals surface area (Å²) in [5.41, 5.74) is 2.57. The maximum Gasteiger partial charge on any atom is 0.414 e. The van der Waals surface area contributed by atoms with E-state index in [0.29, 0.717) is 45.1 Å². The van der Waals surface area contributed by atoms with Crippen LogP contribution in [0.15, 0.2) is 68.3 Å². The summed E-state index contributed by atoms with van der Waals surface area (Å²) in [5, 5.41) is 0. The van der Waals surface area contributed by atoms with Gasteiger partial charge < -0.3 is 18.8 Å². The Kier molecular flexibility index (Phi) is 5.41. The van der Waals surface area contributed by atoms with E-state index in [1.54, 1.807) is 44.4 Å². The minimum absolute atomic E-state index is 0.134. The molecule has 0 fully saturated rings. The molecular weight excluding hydrogens is 452 g/mol. The quantitative estimate of drug-likeness (QED) is 0.404. The highest BCUT2D eigenvalue weighted by molar-refractivity contribution is 9.10. The van der Waals surface area contributed by atoms with Gasteiger partial charge >= 0.3 is 6.09 Å². The molecule has 0 saturated heterocycles. The number of ether oxygens (including phenoxy) is 2. The van der Waals surface area contributed by atoms with E-state index in [2.05, 4.69) is 20.9 Å². The lowest BCUT2D eigenvalue weighted by Gasteiger charge is -2.13. The molecule has 0 radical (unpaired) electrons. The van der Waals surface area contributed by atoms with E-state index in [0.717, 1.165) is 5.56 Å². The minimum Gasteiger partial charge on any atom is -0.489 e. The molecule has 2 aromatic carbocycles. The van der Waals surface area contributed by atoms with E-state index in [4.69, 9.17) is 13.9 Å². The van der Waals surface area contributed by atoms with Crippen LogP contribution in [-0.4, -0.2) is 30.1 Å². The summed E-state index contributed by atoms with van der Waals surface area (Å²) < 4.78 is 17.6. The largest absolute Gasteiger partial charge is 0.489 e. The van der Waals surface area contributed by atoms with E-state index < -0.39 is 6.09 Å². The van der Waals surface area contributed by atoms with Crippen LogP contribution >= 0.6 is 15.9 Å². The molecule has 152 valence electrons. The van der Waals surface area contributed by atoms with Gasteiger partial charge in [-0.1, -0.05) is 6.07 Å². The Hall–Kier alpha value is -3.39. The van der Waals surface area contributed by atoms with Crippen LogP contribution in [0.2, 0.25) is 0 Å². The summed E-state index contributed by atoms with van der Waals surface area (Å²) in [7, 11) is 3.23. The number of fused-ring (bicyclic) bond motifs is 2. The summed E-state index contributed by atoms with van der Waals surface area (Å²) in [6.07, 6.45) is -0.454. The van der Waals surface area contributed by atoms with Crippen molar-refractivity contribution in [1.82, 2.24) is 9.88 Å². The monoisotopic (exact) mass is 468 g/mol. The van der Waals surface area contributed by atoms with Gasteiger partial charge in [-0.3, -0.25) is 4.79 Å². The minimum atomic E-state index is -0.454. The molecule has 30 heavy (non-hydrogen) atoms. The number of halogens is 1. The number of nitrogens with zero attached hydrogens (tertiary/aromatic N) is 2. The van der Waals surface area contributed by atoms with Crippen molar-refractivity contribution in [2.24, 2.45) is 0 Å². The lowest BCUT2D eigenvalue weighted by Crippen LogP contribution is -2.25. The fraction of sp³-hybridized carbons (Fsp3) is 0.136. The predicted octanol–water partition coefficient (Wildman–Crippen LogP) is 4.69. The van der Waals surface area contributed by atoms with Gasteiger partial charge in [0.25, 0.3) is 0 Å². The zero-order valence-corrected chi connectivity index (χ0v) is 17.8. The van der Waals surface area contributed by atoms with E-state index in [-0.39, 0.29) is 5.43 Å². The van der Waals surface area contributed by atoms with Crippen LogP contribution in [-0.2, 0) is 6.61 Å². The summed E-state index contributed by atoms with van der Waals surface area (Å²) in [6, 6.07) is 15.2. The Morgan fingerprint density at radius 2 is 1.93 bits per heavy atom. The third-order valence-corrected chi connectivity index (χ3v) is 4.91. The van der Waals surface area contributed by atoms with Crippen LogP contribution in [0, 0.1) is 0 Å². The van der Waals surface area contributed by atoms with Gasteiger partial charge in [-0.05, 0) is 57.9 Å². The van der Waals surface area contributed by atoms with Crippen molar-refractivity contribution < 1.29 is 18.7 Å². The second-order valence-electron chi connectivity index (χ2n) is 6.79. The third kappa shape index (κ3) is 4.28. The van der Waals surface area contributed by atoms with Gasteiger partial charge in [-0.25, -0.2) is 9.78 Å². The zero-order chi connectivity index (χ0) is 21.3. The van der Waals surface area contributed by atoms with Crippen molar-refractivity contribution in [1.29, 1.82) is 0 Å². The summed E-state index contributed by atoms with van der Waals surface area (Å²) >= 11 is 3.41. The van der Waals surface area contributed by atoms with E-state index >= 15 is 0 Å². The standard InChI is InChI=1S/C22H17BrN2O5/c1-25(2)22(27)30-19-8-3-13(9-16(19)23)12-28-15-5-7-18-21(11-15)29-20-10-14(26)4-6-17(20)24-18/h3-11H,12H2,1-2H3. The molecular formula is C22H17BrN2O5. The molecule has 1 aliphatic heterocycles. The van der Waals surface area contributed by atoms with Gasteiger partial charge in [0.2, 0.25) is 0 Å². The highest BCUT2D eigenvalue weighted by Gasteiger charge is 2.12. The van der Waals surface area contributed by atoms with Crippen LogP contribution in [0.3, 0.4) is 0 Å². The summed E-state index contributed by atoms with van der Waals surface area (Å²) in [6.45, 7) is 0.303. The maximum absolute atomic E-state index is 11.7. The Balaban J connectivity index is 1.51. The first-order valence-corrected chi connectivity index (χ1v) is 9.83. The fourth-order valence-corrected chi connectivity index (χ4v) is 3.25. The lowest BCUT2D eigenvalue weighted by molar-refractivity contribution is 0.171. The van der Waals surface area contributed by atoms with E-state index in [9.17, 15) is 9.59 Å². The number of benzene rings is 3. The van der Waals surface area contributed by atoms with Gasteiger partial charge in [0.05, 0.1) is 4.47 Å². The molecule has 1 amide bonds. The van der Waals surface area contributed by atoms with Crippen molar-refractivity contribution in [3.05, 3.63) is 74.9 Å². The first-order chi connectivity index (χ1) is 14.4. The Morgan fingerprint density at radius 1 is 1.10 bits per heavy atom. The number of hydrogen-bond donors (Lipinski definition) is 0. The predicted molar refractivity (Wildman–Crippen MR) is 115 cm³/mol. The van der Waals surface area contributed by atoms with Gasteiger partial charge in [-0.2, -0.15) is 0 Å². The Bertz CT molecular complexity index is 1270. The normalized spacial score (nSPS) is 10.9. The summed E-state index contributed by atoms with van der Waals surface area (Å²) in [4.78, 5) is 29.1. The van der Waals surface area contributed by atoms with Crippen molar-refractivity contribution >= 4 is 33.1 Å².